The van der Waals surface area contributed by atoms with Gasteiger partial charge in [0.1, 0.15) is 0 Å². The molecule has 0 amide bonds. The van der Waals surface area contributed by atoms with Gasteiger partial charge in [-0.1, -0.05) is 13.0 Å². The van der Waals surface area contributed by atoms with Crippen LogP contribution in [-0.4, -0.2) is 18.3 Å². The normalized spacial score (nSPS) is 10.2. The minimum Gasteiger partial charge on any atom is -0.294 e. The Morgan fingerprint density at radius 2 is 1.86 bits per heavy atom. The van der Waals surface area contributed by atoms with Crippen LogP contribution >= 0.6 is 23.5 Å². The molecule has 0 aliphatic rings. The molecule has 0 fully saturated rings. The Kier molecular flexibility index (Phi) is 4.55. The molecule has 0 radical (unpaired) electrons. The van der Waals surface area contributed by atoms with Crippen LogP contribution in [0.1, 0.15) is 23.7 Å². The molecule has 0 N–H and O–H groups in total. The first kappa shape index (κ1) is 11.7. The number of carbonyl (C=O) groups excluding carboxylic acids is 1. The highest BCUT2D eigenvalue weighted by Gasteiger charge is 2.06. The molecule has 0 heterocycles. The average Bonchev–Trinajstić information content (AvgIpc) is 2.26. The van der Waals surface area contributed by atoms with Gasteiger partial charge in [0.15, 0.2) is 5.78 Å². The van der Waals surface area contributed by atoms with E-state index in [-0.39, 0.29) is 5.78 Å². The second-order valence-corrected chi connectivity index (χ2v) is 4.54. The number of Topliss-reactive ketones (excluding diaryl/α,β-unsaturated/α-hetero) is 1. The molecule has 0 saturated heterocycles. The lowest BCUT2D eigenvalue weighted by molar-refractivity contribution is 0.0988. The van der Waals surface area contributed by atoms with E-state index in [4.69, 9.17) is 0 Å². The summed E-state index contributed by atoms with van der Waals surface area (Å²) in [6.07, 6.45) is 4.66. The molecule has 0 aliphatic heterocycles. The fraction of sp³-hybridized carbons (Fsp3) is 0.364. The molecule has 0 atom stereocenters. The molecular formula is C11H14OS2. The molecule has 0 aliphatic carbocycles. The third kappa shape index (κ3) is 2.55. The number of thioether (sulfide) groups is 2. The van der Waals surface area contributed by atoms with Crippen molar-refractivity contribution in [3.8, 4) is 0 Å². The number of carbonyl (C=O) groups is 1. The zero-order valence-electron chi connectivity index (χ0n) is 8.66. The smallest absolute Gasteiger partial charge is 0.162 e. The minimum absolute atomic E-state index is 0.216. The summed E-state index contributed by atoms with van der Waals surface area (Å²) in [5.41, 5.74) is 0.828. The predicted molar refractivity (Wildman–Crippen MR) is 64.6 cm³/mol. The van der Waals surface area contributed by atoms with Crippen molar-refractivity contribution < 1.29 is 4.79 Å². The largest absolute Gasteiger partial charge is 0.294 e. The molecule has 0 spiro atoms. The van der Waals surface area contributed by atoms with Crippen LogP contribution in [0.2, 0.25) is 0 Å². The molecule has 0 saturated carbocycles. The summed E-state index contributed by atoms with van der Waals surface area (Å²) < 4.78 is 0. The number of hydrogen-bond donors (Lipinski definition) is 0. The van der Waals surface area contributed by atoms with Crippen LogP contribution in [0, 0.1) is 0 Å². The summed E-state index contributed by atoms with van der Waals surface area (Å²) in [5, 5.41) is 0. The lowest BCUT2D eigenvalue weighted by Gasteiger charge is -2.06. The van der Waals surface area contributed by atoms with Crippen molar-refractivity contribution in [2.75, 3.05) is 12.5 Å². The van der Waals surface area contributed by atoms with Crippen molar-refractivity contribution in [2.45, 2.75) is 23.1 Å². The van der Waals surface area contributed by atoms with Crippen molar-refractivity contribution in [1.82, 2.24) is 0 Å². The Labute approximate surface area is 93.7 Å². The molecule has 76 valence electrons. The van der Waals surface area contributed by atoms with Gasteiger partial charge >= 0.3 is 0 Å². The van der Waals surface area contributed by atoms with Crippen LogP contribution in [0.15, 0.2) is 28.0 Å². The topological polar surface area (TPSA) is 17.1 Å². The van der Waals surface area contributed by atoms with E-state index in [0.29, 0.717) is 6.42 Å². The molecule has 1 aromatic rings. The molecule has 3 heteroatoms. The Morgan fingerprint density at radius 1 is 1.21 bits per heavy atom. The van der Waals surface area contributed by atoms with Gasteiger partial charge in [0, 0.05) is 21.8 Å². The molecule has 14 heavy (non-hydrogen) atoms. The molecule has 1 aromatic carbocycles. The van der Waals surface area contributed by atoms with E-state index in [1.165, 1.54) is 9.79 Å². The zero-order chi connectivity index (χ0) is 10.6. The summed E-state index contributed by atoms with van der Waals surface area (Å²) in [4.78, 5) is 13.9. The van der Waals surface area contributed by atoms with Gasteiger partial charge in [-0.25, -0.2) is 0 Å². The van der Waals surface area contributed by atoms with Crippen molar-refractivity contribution in [1.29, 1.82) is 0 Å². The molecule has 0 bridgehead atoms. The Hall–Kier alpha value is -0.410. The maximum atomic E-state index is 11.5. The lowest BCUT2D eigenvalue weighted by Crippen LogP contribution is -1.96. The Morgan fingerprint density at radius 3 is 2.36 bits per heavy atom. The van der Waals surface area contributed by atoms with Crippen molar-refractivity contribution >= 4 is 29.3 Å². The fourth-order valence-corrected chi connectivity index (χ4v) is 2.69. The standard InChI is InChI=1S/C11H14OS2/c1-4-9(12)8-5-6-10(13-2)11(7-8)14-3/h5-7H,4H2,1-3H3. The maximum Gasteiger partial charge on any atom is 0.162 e. The quantitative estimate of drug-likeness (QED) is 0.575. The first-order chi connectivity index (χ1) is 6.72. The van der Waals surface area contributed by atoms with Gasteiger partial charge in [-0.05, 0) is 24.6 Å². The third-order valence-electron chi connectivity index (χ3n) is 2.03. The van der Waals surface area contributed by atoms with Crippen LogP contribution in [0.3, 0.4) is 0 Å². The summed E-state index contributed by atoms with van der Waals surface area (Å²) in [6, 6.07) is 5.93. The molecule has 0 aromatic heterocycles. The van der Waals surface area contributed by atoms with Crippen LogP contribution in [0.25, 0.3) is 0 Å². The van der Waals surface area contributed by atoms with Crippen molar-refractivity contribution in [3.63, 3.8) is 0 Å². The van der Waals surface area contributed by atoms with Gasteiger partial charge in [0.2, 0.25) is 0 Å². The van der Waals surface area contributed by atoms with E-state index >= 15 is 0 Å². The van der Waals surface area contributed by atoms with E-state index in [1.807, 2.05) is 31.4 Å². The molecule has 1 nitrogen and oxygen atoms in total. The highest BCUT2D eigenvalue weighted by molar-refractivity contribution is 8.01. The number of rotatable bonds is 4. The molecular weight excluding hydrogens is 212 g/mol. The molecule has 1 rings (SSSR count). The zero-order valence-corrected chi connectivity index (χ0v) is 10.3. The van der Waals surface area contributed by atoms with Crippen LogP contribution in [0.5, 0.6) is 0 Å². The minimum atomic E-state index is 0.216. The maximum absolute atomic E-state index is 11.5. The predicted octanol–water partition coefficient (Wildman–Crippen LogP) is 3.72. The second-order valence-electron chi connectivity index (χ2n) is 2.85. The lowest BCUT2D eigenvalue weighted by atomic mass is 10.1. The Bertz CT molecular complexity index is 334. The number of hydrogen-bond acceptors (Lipinski definition) is 3. The second kappa shape index (κ2) is 5.47. The highest BCUT2D eigenvalue weighted by atomic mass is 32.2. The van der Waals surface area contributed by atoms with E-state index in [0.717, 1.165) is 5.56 Å². The monoisotopic (exact) mass is 226 g/mol. The molecule has 0 unspecified atom stereocenters. The van der Waals surface area contributed by atoms with Crippen LogP contribution in [0.4, 0.5) is 0 Å². The average molecular weight is 226 g/mol. The van der Waals surface area contributed by atoms with E-state index in [1.54, 1.807) is 23.5 Å². The Balaban J connectivity index is 3.07. The van der Waals surface area contributed by atoms with E-state index in [2.05, 4.69) is 6.26 Å². The number of benzene rings is 1. The summed E-state index contributed by atoms with van der Waals surface area (Å²) >= 11 is 3.40. The van der Waals surface area contributed by atoms with Crippen LogP contribution in [-0.2, 0) is 0 Å². The van der Waals surface area contributed by atoms with Gasteiger partial charge in [-0.2, -0.15) is 0 Å². The van der Waals surface area contributed by atoms with Gasteiger partial charge < -0.3 is 0 Å². The first-order valence-electron chi connectivity index (χ1n) is 4.48. The SMILES string of the molecule is CCC(=O)c1ccc(SC)c(SC)c1. The van der Waals surface area contributed by atoms with Gasteiger partial charge in [-0.15, -0.1) is 23.5 Å². The first-order valence-corrected chi connectivity index (χ1v) is 6.93. The summed E-state index contributed by atoms with van der Waals surface area (Å²) in [6.45, 7) is 1.89. The summed E-state index contributed by atoms with van der Waals surface area (Å²) in [5.74, 6) is 0.216. The van der Waals surface area contributed by atoms with Crippen LogP contribution < -0.4 is 0 Å². The number of ketones is 1. The van der Waals surface area contributed by atoms with Gasteiger partial charge in [-0.3, -0.25) is 4.79 Å². The van der Waals surface area contributed by atoms with Gasteiger partial charge in [0.25, 0.3) is 0 Å². The van der Waals surface area contributed by atoms with E-state index < -0.39 is 0 Å². The third-order valence-corrected chi connectivity index (χ3v) is 3.73. The fourth-order valence-electron chi connectivity index (χ4n) is 1.21. The summed E-state index contributed by atoms with van der Waals surface area (Å²) in [7, 11) is 0. The van der Waals surface area contributed by atoms with Crippen molar-refractivity contribution in [2.24, 2.45) is 0 Å². The van der Waals surface area contributed by atoms with Gasteiger partial charge in [0.05, 0.1) is 0 Å². The highest BCUT2D eigenvalue weighted by Crippen LogP contribution is 2.29. The van der Waals surface area contributed by atoms with E-state index in [9.17, 15) is 4.79 Å². The van der Waals surface area contributed by atoms with Crippen molar-refractivity contribution in [3.05, 3.63) is 23.8 Å².